The number of nitrogens with zero attached hydrogens (tertiary/aromatic N) is 1. The Morgan fingerprint density at radius 1 is 1.14 bits per heavy atom. The third-order valence-corrected chi connectivity index (χ3v) is 5.88. The van der Waals surface area contributed by atoms with Crippen LogP contribution in [0.2, 0.25) is 0 Å². The Balaban J connectivity index is 2.23. The lowest BCUT2D eigenvalue weighted by molar-refractivity contribution is 0.562. The number of benzene rings is 1. The molecule has 1 aliphatic rings. The molecule has 0 N–H and O–H groups in total. The molecule has 21 heavy (non-hydrogen) atoms. The Morgan fingerprint density at radius 3 is 2.62 bits per heavy atom. The number of hydrogen-bond acceptors (Lipinski definition) is 3. The van der Waals surface area contributed by atoms with Gasteiger partial charge in [-0.05, 0) is 57.7 Å². The molecular weight excluding hydrogens is 286 g/mol. The van der Waals surface area contributed by atoms with Gasteiger partial charge in [-0.15, -0.1) is 0 Å². The van der Waals surface area contributed by atoms with Crippen molar-refractivity contribution in [1.29, 1.82) is 0 Å². The first-order valence-electron chi connectivity index (χ1n) is 7.12. The molecule has 1 aliphatic carbocycles. The van der Waals surface area contributed by atoms with Crippen LogP contribution in [0.15, 0.2) is 33.3 Å². The minimum Gasteiger partial charge on any atom is -0.464 e. The maximum absolute atomic E-state index is 12.4. The van der Waals surface area contributed by atoms with Crippen LogP contribution >= 0.6 is 0 Å². The maximum atomic E-state index is 12.4. The first-order chi connectivity index (χ1) is 9.79. The van der Waals surface area contributed by atoms with Crippen LogP contribution in [0.5, 0.6) is 0 Å². The first kappa shape index (κ1) is 14.3. The molecule has 0 atom stereocenters. The van der Waals surface area contributed by atoms with Gasteiger partial charge in [-0.1, -0.05) is 6.07 Å². The van der Waals surface area contributed by atoms with Crippen molar-refractivity contribution in [3.63, 3.8) is 0 Å². The zero-order valence-electron chi connectivity index (χ0n) is 12.5. The Hall–Kier alpha value is -1.62. The quantitative estimate of drug-likeness (QED) is 0.807. The summed E-state index contributed by atoms with van der Waals surface area (Å²) < 4.78 is 33.5. The molecule has 0 radical (unpaired) electrons. The van der Waals surface area contributed by atoms with Crippen LogP contribution in [0.1, 0.15) is 44.7 Å². The summed E-state index contributed by atoms with van der Waals surface area (Å²) >= 11 is 0. The first-order valence-corrected chi connectivity index (χ1v) is 8.56. The zero-order valence-corrected chi connectivity index (χ0v) is 13.3. The zero-order chi connectivity index (χ0) is 15.3. The molecule has 4 nitrogen and oxygen atoms in total. The van der Waals surface area contributed by atoms with E-state index in [4.69, 9.17) is 4.42 Å². The van der Waals surface area contributed by atoms with Gasteiger partial charge in [-0.3, -0.25) is 0 Å². The molecule has 112 valence electrons. The molecule has 2 aromatic rings. The maximum Gasteiger partial charge on any atom is 0.258 e. The molecular formula is C16H19NO3S. The van der Waals surface area contributed by atoms with Crippen molar-refractivity contribution in [2.24, 2.45) is 4.40 Å². The average molecular weight is 305 g/mol. The molecule has 0 amide bonds. The van der Waals surface area contributed by atoms with E-state index < -0.39 is 14.8 Å². The molecule has 1 aromatic carbocycles. The highest BCUT2D eigenvalue weighted by molar-refractivity contribution is 7.91. The van der Waals surface area contributed by atoms with Crippen molar-refractivity contribution < 1.29 is 12.8 Å². The summed E-state index contributed by atoms with van der Waals surface area (Å²) in [5, 5.41) is 0.954. The van der Waals surface area contributed by atoms with Crippen molar-refractivity contribution in [3.05, 3.63) is 35.6 Å². The van der Waals surface area contributed by atoms with Crippen LogP contribution in [0.3, 0.4) is 0 Å². The minimum absolute atomic E-state index is 0.665. The van der Waals surface area contributed by atoms with Crippen LogP contribution in [0, 0.1) is 0 Å². The van der Waals surface area contributed by atoms with Gasteiger partial charge in [0.15, 0.2) is 0 Å². The Bertz CT molecular complexity index is 823. The third-order valence-electron chi connectivity index (χ3n) is 3.87. The third kappa shape index (κ3) is 2.39. The average Bonchev–Trinajstić information content (AvgIpc) is 2.85. The molecule has 0 spiro atoms. The van der Waals surface area contributed by atoms with Crippen molar-refractivity contribution in [1.82, 2.24) is 0 Å². The van der Waals surface area contributed by atoms with E-state index in [9.17, 15) is 8.42 Å². The van der Waals surface area contributed by atoms with Crippen LogP contribution < -0.4 is 0 Å². The number of rotatable bonds is 1. The van der Waals surface area contributed by atoms with Gasteiger partial charge >= 0.3 is 0 Å². The van der Waals surface area contributed by atoms with Crippen LogP contribution in [0.4, 0.5) is 0 Å². The fourth-order valence-electron chi connectivity index (χ4n) is 2.58. The number of aryl methyl sites for hydroxylation is 1. The van der Waals surface area contributed by atoms with E-state index in [1.54, 1.807) is 27.0 Å². The predicted molar refractivity (Wildman–Crippen MR) is 84.4 cm³/mol. The lowest BCUT2D eigenvalue weighted by Crippen LogP contribution is -2.27. The van der Waals surface area contributed by atoms with Gasteiger partial charge in [0.2, 0.25) is 0 Å². The van der Waals surface area contributed by atoms with Crippen molar-refractivity contribution in [2.45, 2.75) is 44.8 Å². The van der Waals surface area contributed by atoms with Crippen molar-refractivity contribution >= 4 is 26.7 Å². The molecule has 0 unspecified atom stereocenters. The molecule has 1 aromatic heterocycles. The van der Waals surface area contributed by atoms with Crippen LogP contribution in [-0.4, -0.2) is 18.9 Å². The molecule has 0 saturated carbocycles. The van der Waals surface area contributed by atoms with E-state index in [1.807, 2.05) is 18.2 Å². The highest BCUT2D eigenvalue weighted by Crippen LogP contribution is 2.31. The normalized spacial score (nSPS) is 18.1. The monoisotopic (exact) mass is 305 g/mol. The Morgan fingerprint density at radius 2 is 1.90 bits per heavy atom. The number of fused-ring (bicyclic) bond motifs is 3. The number of hydrogen-bond donors (Lipinski definition) is 0. The number of sulfonamides is 1. The lowest BCUT2D eigenvalue weighted by Gasteiger charge is -2.21. The number of furan rings is 1. The fourth-order valence-corrected chi connectivity index (χ4v) is 3.33. The SMILES string of the molecule is CC(C)(C)S(=O)(=O)/N=C1/CCCc2ccc3occc3c21. The van der Waals surface area contributed by atoms with E-state index in [0.717, 1.165) is 34.9 Å². The van der Waals surface area contributed by atoms with E-state index >= 15 is 0 Å². The molecule has 5 heteroatoms. The molecule has 0 saturated heterocycles. The molecule has 3 rings (SSSR count). The van der Waals surface area contributed by atoms with E-state index in [0.29, 0.717) is 12.1 Å². The summed E-state index contributed by atoms with van der Waals surface area (Å²) in [6, 6.07) is 5.84. The Labute approximate surface area is 124 Å². The van der Waals surface area contributed by atoms with E-state index in [-0.39, 0.29) is 0 Å². The van der Waals surface area contributed by atoms with Crippen molar-refractivity contribution in [2.75, 3.05) is 0 Å². The van der Waals surface area contributed by atoms with E-state index in [2.05, 4.69) is 4.40 Å². The minimum atomic E-state index is -3.53. The van der Waals surface area contributed by atoms with Crippen LogP contribution in [0.25, 0.3) is 11.0 Å². The summed E-state index contributed by atoms with van der Waals surface area (Å²) in [5.41, 5.74) is 3.54. The summed E-state index contributed by atoms with van der Waals surface area (Å²) in [6.45, 7) is 5.03. The predicted octanol–water partition coefficient (Wildman–Crippen LogP) is 3.69. The standard InChI is InChI=1S/C16H19NO3S/c1-16(2,3)21(18,19)17-13-6-4-5-11-7-8-14-12(15(11)13)9-10-20-14/h7-10H,4-6H2,1-3H3/b17-13-. The summed E-state index contributed by atoms with van der Waals surface area (Å²) in [4.78, 5) is 0. The van der Waals surface area contributed by atoms with Gasteiger partial charge in [-0.25, -0.2) is 8.42 Å². The van der Waals surface area contributed by atoms with Gasteiger partial charge in [0.25, 0.3) is 10.0 Å². The topological polar surface area (TPSA) is 59.6 Å². The second-order valence-electron chi connectivity index (χ2n) is 6.41. The second kappa shape index (κ2) is 4.70. The largest absolute Gasteiger partial charge is 0.464 e. The Kier molecular flexibility index (Phi) is 3.20. The van der Waals surface area contributed by atoms with Gasteiger partial charge in [0.05, 0.1) is 16.7 Å². The van der Waals surface area contributed by atoms with Gasteiger partial charge in [0.1, 0.15) is 5.58 Å². The van der Waals surface area contributed by atoms with Gasteiger partial charge < -0.3 is 4.42 Å². The van der Waals surface area contributed by atoms with E-state index in [1.165, 1.54) is 0 Å². The highest BCUT2D eigenvalue weighted by atomic mass is 32.2. The second-order valence-corrected chi connectivity index (χ2v) is 8.77. The van der Waals surface area contributed by atoms with Gasteiger partial charge in [0, 0.05) is 10.9 Å². The summed E-state index contributed by atoms with van der Waals surface area (Å²) in [5.74, 6) is 0. The molecule has 0 fully saturated rings. The molecule has 0 bridgehead atoms. The fraction of sp³-hybridized carbons (Fsp3) is 0.438. The van der Waals surface area contributed by atoms with Crippen LogP contribution in [-0.2, 0) is 16.4 Å². The lowest BCUT2D eigenvalue weighted by atomic mass is 9.88. The summed E-state index contributed by atoms with van der Waals surface area (Å²) in [7, 11) is -3.53. The van der Waals surface area contributed by atoms with Gasteiger partial charge in [-0.2, -0.15) is 4.40 Å². The van der Waals surface area contributed by atoms with Crippen molar-refractivity contribution in [3.8, 4) is 0 Å². The smallest absolute Gasteiger partial charge is 0.258 e. The highest BCUT2D eigenvalue weighted by Gasteiger charge is 2.30. The summed E-state index contributed by atoms with van der Waals surface area (Å²) in [6.07, 6.45) is 4.20. The molecule has 0 aliphatic heterocycles. The molecule has 1 heterocycles.